The van der Waals surface area contributed by atoms with Crippen LogP contribution in [0.2, 0.25) is 5.15 Å². The highest BCUT2D eigenvalue weighted by Gasteiger charge is 2.24. The fraction of sp³-hybridized carbons (Fsp3) is 0.500. The summed E-state index contributed by atoms with van der Waals surface area (Å²) in [6, 6.07) is 1.97. The molecule has 0 spiro atoms. The van der Waals surface area contributed by atoms with Gasteiger partial charge in [0.05, 0.1) is 12.2 Å². The second-order valence-electron chi connectivity index (χ2n) is 4.27. The summed E-state index contributed by atoms with van der Waals surface area (Å²) in [6.45, 7) is 5.31. The van der Waals surface area contributed by atoms with Crippen molar-refractivity contribution in [3.63, 3.8) is 0 Å². The molecule has 0 aliphatic carbocycles. The van der Waals surface area contributed by atoms with Crippen molar-refractivity contribution in [1.29, 1.82) is 0 Å². The lowest BCUT2D eigenvalue weighted by Crippen LogP contribution is -2.39. The molecule has 1 aromatic rings. The summed E-state index contributed by atoms with van der Waals surface area (Å²) in [6.07, 6.45) is 2.16. The molecule has 0 aromatic carbocycles. The molecule has 0 radical (unpaired) electrons. The molecule has 2 rings (SSSR count). The highest BCUT2D eigenvalue weighted by molar-refractivity contribution is 6.33. The number of nitrogens with one attached hydrogen (secondary N) is 1. The Kier molecular flexibility index (Phi) is 3.52. The predicted molar refractivity (Wildman–Crippen MR) is 69.7 cm³/mol. The van der Waals surface area contributed by atoms with E-state index in [4.69, 9.17) is 11.6 Å². The smallest absolute Gasteiger partial charge is 0.244 e. The van der Waals surface area contributed by atoms with Gasteiger partial charge in [0.2, 0.25) is 5.91 Å². The van der Waals surface area contributed by atoms with E-state index in [0.29, 0.717) is 17.4 Å². The molecule has 1 aliphatic rings. The quantitative estimate of drug-likeness (QED) is 0.843. The Bertz CT molecular complexity index is 448. The molecular formula is C12H16ClN3O. The number of hydrogen-bond acceptors (Lipinski definition) is 3. The zero-order chi connectivity index (χ0) is 12.4. The van der Waals surface area contributed by atoms with E-state index in [0.717, 1.165) is 30.8 Å². The molecule has 0 bridgehead atoms. The number of halogens is 1. The van der Waals surface area contributed by atoms with Crippen molar-refractivity contribution >= 4 is 28.9 Å². The zero-order valence-electron chi connectivity index (χ0n) is 10.1. The van der Waals surface area contributed by atoms with Gasteiger partial charge in [-0.3, -0.25) is 4.79 Å². The van der Waals surface area contributed by atoms with Gasteiger partial charge in [-0.15, -0.1) is 0 Å². The number of carbonyl (C=O) groups is 1. The van der Waals surface area contributed by atoms with E-state index in [-0.39, 0.29) is 5.91 Å². The van der Waals surface area contributed by atoms with Gasteiger partial charge in [0.25, 0.3) is 0 Å². The number of amides is 1. The number of rotatable bonds is 3. The molecule has 5 heteroatoms. The van der Waals surface area contributed by atoms with Crippen molar-refractivity contribution in [3.05, 3.63) is 16.9 Å². The summed E-state index contributed by atoms with van der Waals surface area (Å²) in [7, 11) is 0. The Morgan fingerprint density at radius 1 is 1.59 bits per heavy atom. The predicted octanol–water partition coefficient (Wildman–Crippen LogP) is 2.60. The molecule has 92 valence electrons. The Balaban J connectivity index is 2.37. The number of fused-ring (bicyclic) bond motifs is 1. The number of anilines is 2. The standard InChI is InChI=1S/C12H16ClN3O/c1-3-4-5-16-7-10(17)15-11-9(16)6-8(2)14-12(11)13/h6H,3-5,7H2,1-2H3,(H,15,17). The summed E-state index contributed by atoms with van der Waals surface area (Å²) in [5, 5.41) is 3.16. The molecule has 4 nitrogen and oxygen atoms in total. The minimum atomic E-state index is -0.0267. The van der Waals surface area contributed by atoms with Crippen LogP contribution in [0.15, 0.2) is 6.07 Å². The van der Waals surface area contributed by atoms with Crippen LogP contribution < -0.4 is 10.2 Å². The van der Waals surface area contributed by atoms with Crippen LogP contribution in [0.3, 0.4) is 0 Å². The van der Waals surface area contributed by atoms with Crippen molar-refractivity contribution in [2.75, 3.05) is 23.3 Å². The third-order valence-corrected chi connectivity index (χ3v) is 3.08. The van der Waals surface area contributed by atoms with E-state index in [1.165, 1.54) is 0 Å². The van der Waals surface area contributed by atoms with Crippen LogP contribution in [0.25, 0.3) is 0 Å². The summed E-state index contributed by atoms with van der Waals surface area (Å²) in [5.74, 6) is -0.0267. The maximum Gasteiger partial charge on any atom is 0.244 e. The highest BCUT2D eigenvalue weighted by atomic mass is 35.5. The Hall–Kier alpha value is -1.29. The molecule has 1 N–H and O–H groups in total. The number of unbranched alkanes of at least 4 members (excludes halogenated alkanes) is 1. The minimum absolute atomic E-state index is 0.0267. The SMILES string of the molecule is CCCCN1CC(=O)Nc2c1cc(C)nc2Cl. The van der Waals surface area contributed by atoms with E-state index >= 15 is 0 Å². The molecule has 0 saturated carbocycles. The second kappa shape index (κ2) is 4.92. The molecule has 0 saturated heterocycles. The maximum absolute atomic E-state index is 11.6. The monoisotopic (exact) mass is 253 g/mol. The topological polar surface area (TPSA) is 45.2 Å². The molecule has 0 fully saturated rings. The van der Waals surface area contributed by atoms with Gasteiger partial charge in [-0.2, -0.15) is 0 Å². The summed E-state index contributed by atoms with van der Waals surface area (Å²) in [5.41, 5.74) is 2.49. The summed E-state index contributed by atoms with van der Waals surface area (Å²) in [4.78, 5) is 17.8. The highest BCUT2D eigenvalue weighted by Crippen LogP contribution is 2.35. The average Bonchev–Trinajstić information content (AvgIpc) is 2.27. The van der Waals surface area contributed by atoms with Crippen LogP contribution in [-0.2, 0) is 4.79 Å². The number of aryl methyl sites for hydroxylation is 1. The number of aromatic nitrogens is 1. The number of pyridine rings is 1. The Labute approximate surface area is 106 Å². The second-order valence-corrected chi connectivity index (χ2v) is 4.63. The van der Waals surface area contributed by atoms with E-state index < -0.39 is 0 Å². The van der Waals surface area contributed by atoms with Crippen LogP contribution >= 0.6 is 11.6 Å². The lowest BCUT2D eigenvalue weighted by molar-refractivity contribution is -0.115. The third kappa shape index (κ3) is 2.52. The number of hydrogen-bond donors (Lipinski definition) is 1. The molecule has 1 aromatic heterocycles. The molecule has 1 aliphatic heterocycles. The van der Waals surface area contributed by atoms with E-state index in [9.17, 15) is 4.79 Å². The first-order chi connectivity index (χ1) is 8.11. The van der Waals surface area contributed by atoms with Gasteiger partial charge in [0, 0.05) is 12.2 Å². The van der Waals surface area contributed by atoms with Gasteiger partial charge >= 0.3 is 0 Å². The van der Waals surface area contributed by atoms with Crippen LogP contribution in [0.5, 0.6) is 0 Å². The van der Waals surface area contributed by atoms with Crippen LogP contribution in [0, 0.1) is 6.92 Å². The van der Waals surface area contributed by atoms with Crippen LogP contribution in [0.4, 0.5) is 11.4 Å². The van der Waals surface area contributed by atoms with E-state index in [1.54, 1.807) is 0 Å². The molecule has 0 atom stereocenters. The first-order valence-electron chi connectivity index (χ1n) is 5.83. The lowest BCUT2D eigenvalue weighted by atomic mass is 10.2. The zero-order valence-corrected chi connectivity index (χ0v) is 10.8. The minimum Gasteiger partial charge on any atom is -0.360 e. The fourth-order valence-corrected chi connectivity index (χ4v) is 2.25. The normalized spacial score (nSPS) is 14.5. The first-order valence-corrected chi connectivity index (χ1v) is 6.21. The van der Waals surface area contributed by atoms with Gasteiger partial charge in [-0.05, 0) is 19.4 Å². The lowest BCUT2D eigenvalue weighted by Gasteiger charge is -2.31. The van der Waals surface area contributed by atoms with E-state index in [2.05, 4.69) is 22.1 Å². The summed E-state index contributed by atoms with van der Waals surface area (Å²) < 4.78 is 0. The van der Waals surface area contributed by atoms with Gasteiger partial charge in [-0.1, -0.05) is 24.9 Å². The van der Waals surface area contributed by atoms with Crippen molar-refractivity contribution in [2.45, 2.75) is 26.7 Å². The molecule has 2 heterocycles. The number of nitrogens with zero attached hydrogens (tertiary/aromatic N) is 2. The van der Waals surface area contributed by atoms with Gasteiger partial charge < -0.3 is 10.2 Å². The van der Waals surface area contributed by atoms with E-state index in [1.807, 2.05) is 13.0 Å². The first kappa shape index (κ1) is 12.2. The Morgan fingerprint density at radius 2 is 2.35 bits per heavy atom. The fourth-order valence-electron chi connectivity index (χ4n) is 1.97. The van der Waals surface area contributed by atoms with Gasteiger partial charge in [0.15, 0.2) is 5.15 Å². The number of carbonyl (C=O) groups excluding carboxylic acids is 1. The summed E-state index contributed by atoms with van der Waals surface area (Å²) >= 11 is 6.06. The van der Waals surface area contributed by atoms with Crippen molar-refractivity contribution < 1.29 is 4.79 Å². The van der Waals surface area contributed by atoms with Crippen molar-refractivity contribution in [3.8, 4) is 0 Å². The van der Waals surface area contributed by atoms with Gasteiger partial charge in [0.1, 0.15) is 5.69 Å². The van der Waals surface area contributed by atoms with Crippen LogP contribution in [-0.4, -0.2) is 24.0 Å². The molecular weight excluding hydrogens is 238 g/mol. The maximum atomic E-state index is 11.6. The molecule has 0 unspecified atom stereocenters. The van der Waals surface area contributed by atoms with Crippen LogP contribution in [0.1, 0.15) is 25.5 Å². The average molecular weight is 254 g/mol. The molecule has 17 heavy (non-hydrogen) atoms. The third-order valence-electron chi connectivity index (χ3n) is 2.80. The molecule has 1 amide bonds. The van der Waals surface area contributed by atoms with Gasteiger partial charge in [-0.25, -0.2) is 4.98 Å². The van der Waals surface area contributed by atoms with Crippen molar-refractivity contribution in [2.24, 2.45) is 0 Å². The Morgan fingerprint density at radius 3 is 3.06 bits per heavy atom. The largest absolute Gasteiger partial charge is 0.360 e. The van der Waals surface area contributed by atoms with Crippen molar-refractivity contribution in [1.82, 2.24) is 4.98 Å².